The van der Waals surface area contributed by atoms with Crippen molar-refractivity contribution in [1.82, 2.24) is 10.6 Å². The van der Waals surface area contributed by atoms with E-state index < -0.39 is 29.9 Å². The molecule has 0 saturated carbocycles. The predicted octanol–water partition coefficient (Wildman–Crippen LogP) is 1.43. The third kappa shape index (κ3) is 5.17. The topological polar surface area (TPSA) is 115 Å². The highest BCUT2D eigenvalue weighted by Crippen LogP contribution is 2.12. The van der Waals surface area contributed by atoms with Crippen LogP contribution in [0.1, 0.15) is 24.4 Å². The molecular weight excluding hydrogens is 328 g/mol. The third-order valence-electron chi connectivity index (χ3n) is 3.09. The van der Waals surface area contributed by atoms with Crippen LogP contribution in [-0.2, 0) is 9.53 Å². The number of benzene rings is 1. The summed E-state index contributed by atoms with van der Waals surface area (Å²) >= 11 is 0. The summed E-state index contributed by atoms with van der Waals surface area (Å²) in [4.78, 5) is 46.8. The molecule has 0 saturated heterocycles. The average Bonchev–Trinajstić information content (AvgIpc) is 2.57. The molecular formula is C17H18N2O6. The first-order valence-electron chi connectivity index (χ1n) is 7.64. The first-order chi connectivity index (χ1) is 11.9. The molecule has 0 bridgehead atoms. The predicted molar refractivity (Wildman–Crippen MR) is 89.1 cm³/mol. The van der Waals surface area contributed by atoms with Gasteiger partial charge in [0, 0.05) is 12.6 Å². The second-order valence-electron chi connectivity index (χ2n) is 5.70. The third-order valence-corrected chi connectivity index (χ3v) is 3.09. The van der Waals surface area contributed by atoms with E-state index in [1.54, 1.807) is 24.3 Å². The Kier molecular flexibility index (Phi) is 5.89. The molecule has 1 aromatic carbocycles. The number of hydrogen-bond acceptors (Lipinski definition) is 6. The number of rotatable bonds is 5. The SMILES string of the molecule is CC(C)CNC(=O)NC(=O)COC(=O)c1cc(=O)c2ccccc2o1. The number of carbonyl (C=O) groups excluding carboxylic acids is 3. The zero-order valence-corrected chi connectivity index (χ0v) is 13.8. The fourth-order valence-corrected chi connectivity index (χ4v) is 1.91. The van der Waals surface area contributed by atoms with Crippen LogP contribution in [0.25, 0.3) is 11.0 Å². The molecule has 2 rings (SSSR count). The Morgan fingerprint density at radius 1 is 1.20 bits per heavy atom. The van der Waals surface area contributed by atoms with Crippen LogP contribution in [0.4, 0.5) is 4.79 Å². The van der Waals surface area contributed by atoms with Gasteiger partial charge in [-0.25, -0.2) is 9.59 Å². The van der Waals surface area contributed by atoms with Gasteiger partial charge in [0.05, 0.1) is 5.39 Å². The maximum absolute atomic E-state index is 11.9. The number of esters is 1. The van der Waals surface area contributed by atoms with Crippen LogP contribution in [0.15, 0.2) is 39.5 Å². The van der Waals surface area contributed by atoms with Gasteiger partial charge in [0.15, 0.2) is 12.0 Å². The Balaban J connectivity index is 1.93. The van der Waals surface area contributed by atoms with Crippen LogP contribution in [0.5, 0.6) is 0 Å². The van der Waals surface area contributed by atoms with Crippen molar-refractivity contribution in [2.75, 3.05) is 13.2 Å². The number of urea groups is 1. The Bertz CT molecular complexity index is 856. The van der Waals surface area contributed by atoms with Crippen LogP contribution in [0.2, 0.25) is 0 Å². The van der Waals surface area contributed by atoms with Crippen LogP contribution < -0.4 is 16.1 Å². The van der Waals surface area contributed by atoms with Crippen molar-refractivity contribution in [3.63, 3.8) is 0 Å². The molecule has 0 unspecified atom stereocenters. The molecule has 132 valence electrons. The summed E-state index contributed by atoms with van der Waals surface area (Å²) in [5, 5.41) is 4.85. The van der Waals surface area contributed by atoms with Gasteiger partial charge >= 0.3 is 12.0 Å². The Hall–Kier alpha value is -3.16. The van der Waals surface area contributed by atoms with E-state index in [1.807, 2.05) is 19.2 Å². The monoisotopic (exact) mass is 346 g/mol. The lowest BCUT2D eigenvalue weighted by atomic mass is 10.2. The molecule has 0 aliphatic carbocycles. The number of nitrogens with one attached hydrogen (secondary N) is 2. The molecule has 3 amide bonds. The van der Waals surface area contributed by atoms with Gasteiger partial charge in [-0.15, -0.1) is 0 Å². The van der Waals surface area contributed by atoms with E-state index in [0.717, 1.165) is 6.07 Å². The van der Waals surface area contributed by atoms with E-state index in [4.69, 9.17) is 9.15 Å². The normalized spacial score (nSPS) is 10.5. The lowest BCUT2D eigenvalue weighted by molar-refractivity contribution is -0.123. The van der Waals surface area contributed by atoms with Gasteiger partial charge < -0.3 is 14.5 Å². The highest BCUT2D eigenvalue weighted by molar-refractivity contribution is 5.96. The first kappa shape index (κ1) is 18.2. The van der Waals surface area contributed by atoms with Crippen molar-refractivity contribution in [2.24, 2.45) is 5.92 Å². The number of amides is 3. The quantitative estimate of drug-likeness (QED) is 0.792. The van der Waals surface area contributed by atoms with Crippen molar-refractivity contribution in [3.8, 4) is 0 Å². The highest BCUT2D eigenvalue weighted by Gasteiger charge is 2.16. The van der Waals surface area contributed by atoms with Gasteiger partial charge in [-0.05, 0) is 18.1 Å². The van der Waals surface area contributed by atoms with E-state index in [9.17, 15) is 19.2 Å². The van der Waals surface area contributed by atoms with Gasteiger partial charge in [-0.3, -0.25) is 14.9 Å². The standard InChI is InChI=1S/C17H18N2O6/c1-10(2)8-18-17(23)19-15(21)9-24-16(22)14-7-12(20)11-5-3-4-6-13(11)25-14/h3-7,10H,8-9H2,1-2H3,(H2,18,19,21,23). The van der Waals surface area contributed by atoms with Gasteiger partial charge in [0.1, 0.15) is 5.58 Å². The second kappa shape index (κ2) is 8.09. The molecule has 0 aliphatic heterocycles. The molecule has 0 aliphatic rings. The largest absolute Gasteiger partial charge is 0.450 e. The number of imide groups is 1. The average molecular weight is 346 g/mol. The molecule has 0 radical (unpaired) electrons. The Labute approximate surface area is 143 Å². The summed E-state index contributed by atoms with van der Waals surface area (Å²) < 4.78 is 10.1. The van der Waals surface area contributed by atoms with E-state index in [-0.39, 0.29) is 17.3 Å². The summed E-state index contributed by atoms with van der Waals surface area (Å²) in [6.07, 6.45) is 0. The lowest BCUT2D eigenvalue weighted by Gasteiger charge is -2.08. The molecule has 0 atom stereocenters. The van der Waals surface area contributed by atoms with Crippen molar-refractivity contribution >= 4 is 28.9 Å². The summed E-state index contributed by atoms with van der Waals surface area (Å²) in [5.74, 6) is -1.85. The van der Waals surface area contributed by atoms with E-state index in [1.165, 1.54) is 0 Å². The molecule has 1 aromatic heterocycles. The van der Waals surface area contributed by atoms with E-state index in [2.05, 4.69) is 5.32 Å². The van der Waals surface area contributed by atoms with E-state index in [0.29, 0.717) is 11.9 Å². The highest BCUT2D eigenvalue weighted by atomic mass is 16.5. The second-order valence-corrected chi connectivity index (χ2v) is 5.70. The smallest absolute Gasteiger partial charge is 0.374 e. The maximum Gasteiger partial charge on any atom is 0.374 e. The summed E-state index contributed by atoms with van der Waals surface area (Å²) in [6, 6.07) is 6.76. The van der Waals surface area contributed by atoms with Crippen LogP contribution in [-0.4, -0.2) is 31.1 Å². The minimum atomic E-state index is -0.972. The number of ether oxygens (including phenoxy) is 1. The number of para-hydroxylation sites is 1. The Morgan fingerprint density at radius 2 is 1.92 bits per heavy atom. The van der Waals surface area contributed by atoms with Crippen LogP contribution in [0.3, 0.4) is 0 Å². The molecule has 25 heavy (non-hydrogen) atoms. The van der Waals surface area contributed by atoms with Gasteiger partial charge in [0.25, 0.3) is 5.91 Å². The lowest BCUT2D eigenvalue weighted by Crippen LogP contribution is -2.42. The zero-order valence-electron chi connectivity index (χ0n) is 13.8. The van der Waals surface area contributed by atoms with Gasteiger partial charge in [-0.2, -0.15) is 0 Å². The summed E-state index contributed by atoms with van der Waals surface area (Å²) in [7, 11) is 0. The molecule has 0 fully saturated rings. The van der Waals surface area contributed by atoms with E-state index >= 15 is 0 Å². The molecule has 1 heterocycles. The molecule has 2 aromatic rings. The zero-order chi connectivity index (χ0) is 18.4. The van der Waals surface area contributed by atoms with Crippen molar-refractivity contribution in [2.45, 2.75) is 13.8 Å². The number of carbonyl (C=O) groups is 3. The minimum absolute atomic E-state index is 0.231. The van der Waals surface area contributed by atoms with Crippen LogP contribution in [0, 0.1) is 5.92 Å². The molecule has 8 nitrogen and oxygen atoms in total. The van der Waals surface area contributed by atoms with Gasteiger partial charge in [-0.1, -0.05) is 26.0 Å². The summed E-state index contributed by atoms with van der Waals surface area (Å²) in [6.45, 7) is 3.54. The van der Waals surface area contributed by atoms with Crippen LogP contribution >= 0.6 is 0 Å². The first-order valence-corrected chi connectivity index (χ1v) is 7.64. The summed E-state index contributed by atoms with van der Waals surface area (Å²) in [5.41, 5.74) is -0.161. The van der Waals surface area contributed by atoms with Crippen molar-refractivity contribution in [1.29, 1.82) is 0 Å². The fourth-order valence-electron chi connectivity index (χ4n) is 1.91. The maximum atomic E-state index is 11.9. The molecule has 0 spiro atoms. The molecule has 8 heteroatoms. The fraction of sp³-hybridized carbons (Fsp3) is 0.294. The number of fused-ring (bicyclic) bond motifs is 1. The molecule has 2 N–H and O–H groups in total. The minimum Gasteiger partial charge on any atom is -0.450 e. The van der Waals surface area contributed by atoms with Crippen molar-refractivity contribution in [3.05, 3.63) is 46.3 Å². The van der Waals surface area contributed by atoms with Crippen molar-refractivity contribution < 1.29 is 23.5 Å². The number of hydrogen-bond donors (Lipinski definition) is 2. The van der Waals surface area contributed by atoms with Gasteiger partial charge in [0.2, 0.25) is 5.76 Å². The Morgan fingerprint density at radius 3 is 2.64 bits per heavy atom.